The van der Waals surface area contributed by atoms with E-state index in [9.17, 15) is 14.9 Å². The van der Waals surface area contributed by atoms with E-state index in [-0.39, 0.29) is 25.0 Å². The summed E-state index contributed by atoms with van der Waals surface area (Å²) in [5.41, 5.74) is 1.03. The van der Waals surface area contributed by atoms with Crippen LogP contribution >= 0.6 is 0 Å². The Balaban J connectivity index is 1.33. The van der Waals surface area contributed by atoms with Crippen molar-refractivity contribution in [2.75, 3.05) is 24.8 Å². The number of quaternary nitrogens is 1. The first-order chi connectivity index (χ1) is 14.6. The molecule has 0 spiro atoms. The van der Waals surface area contributed by atoms with Crippen LogP contribution in [0.5, 0.6) is 11.5 Å². The summed E-state index contributed by atoms with van der Waals surface area (Å²) in [6, 6.07) is 17.1. The van der Waals surface area contributed by atoms with E-state index >= 15 is 0 Å². The molecule has 0 saturated carbocycles. The highest BCUT2D eigenvalue weighted by Crippen LogP contribution is 2.37. The van der Waals surface area contributed by atoms with Crippen molar-refractivity contribution in [2.24, 2.45) is 0 Å². The average Bonchev–Trinajstić information content (AvgIpc) is 3.37. The Hall–Kier alpha value is -3.37. The SMILES string of the molecule is N#CC1(c2ccccc2)CC[NH+]([C@H]2CC(=O)N(c3ccc4c(c3)OCO4)C2=O)CC1. The molecule has 2 aromatic carbocycles. The molecule has 1 atom stereocenters. The number of amides is 2. The summed E-state index contributed by atoms with van der Waals surface area (Å²) in [4.78, 5) is 28.2. The number of fused-ring (bicyclic) bond motifs is 1. The minimum Gasteiger partial charge on any atom is -0.454 e. The third-order valence-corrected chi connectivity index (χ3v) is 6.54. The second-order valence-corrected chi connectivity index (χ2v) is 8.08. The molecule has 2 fully saturated rings. The molecule has 2 aromatic rings. The van der Waals surface area contributed by atoms with Crippen LogP contribution in [0.3, 0.4) is 0 Å². The third kappa shape index (κ3) is 2.92. The van der Waals surface area contributed by atoms with Crippen molar-refractivity contribution in [1.29, 1.82) is 5.26 Å². The Bertz CT molecular complexity index is 1040. The Morgan fingerprint density at radius 3 is 2.50 bits per heavy atom. The Kier molecular flexibility index (Phi) is 4.44. The number of nitrogens with one attached hydrogen (secondary N) is 1. The number of hydrogen-bond acceptors (Lipinski definition) is 5. The van der Waals surface area contributed by atoms with Crippen molar-refractivity contribution in [1.82, 2.24) is 0 Å². The second-order valence-electron chi connectivity index (χ2n) is 8.08. The van der Waals surface area contributed by atoms with Crippen LogP contribution in [0, 0.1) is 11.3 Å². The molecule has 7 nitrogen and oxygen atoms in total. The van der Waals surface area contributed by atoms with Crippen LogP contribution in [-0.4, -0.2) is 37.7 Å². The van der Waals surface area contributed by atoms with Gasteiger partial charge in [-0.15, -0.1) is 0 Å². The van der Waals surface area contributed by atoms with E-state index < -0.39 is 11.5 Å². The highest BCUT2D eigenvalue weighted by molar-refractivity contribution is 6.22. The van der Waals surface area contributed by atoms with Gasteiger partial charge in [0, 0.05) is 18.9 Å². The van der Waals surface area contributed by atoms with Gasteiger partial charge < -0.3 is 14.4 Å². The molecular formula is C23H22N3O4+. The number of likely N-dealkylation sites (tertiary alicyclic amines) is 1. The topological polar surface area (TPSA) is 84.1 Å². The molecule has 7 heteroatoms. The molecule has 1 N–H and O–H groups in total. The molecule has 3 aliphatic heterocycles. The van der Waals surface area contributed by atoms with Gasteiger partial charge in [0.25, 0.3) is 5.91 Å². The molecule has 2 saturated heterocycles. The monoisotopic (exact) mass is 404 g/mol. The molecular weight excluding hydrogens is 382 g/mol. The summed E-state index contributed by atoms with van der Waals surface area (Å²) in [7, 11) is 0. The Labute approximate surface area is 174 Å². The van der Waals surface area contributed by atoms with Gasteiger partial charge in [-0.3, -0.25) is 9.59 Å². The number of nitriles is 1. The third-order valence-electron chi connectivity index (χ3n) is 6.54. The lowest BCUT2D eigenvalue weighted by Crippen LogP contribution is -3.18. The van der Waals surface area contributed by atoms with Crippen molar-refractivity contribution in [3.8, 4) is 17.6 Å². The molecule has 0 aromatic heterocycles. The molecule has 5 rings (SSSR count). The van der Waals surface area contributed by atoms with Gasteiger partial charge in [0.15, 0.2) is 17.5 Å². The average molecular weight is 404 g/mol. The highest BCUT2D eigenvalue weighted by Gasteiger charge is 2.49. The van der Waals surface area contributed by atoms with Gasteiger partial charge in [0.2, 0.25) is 12.7 Å². The summed E-state index contributed by atoms with van der Waals surface area (Å²) in [5.74, 6) is 0.780. The van der Waals surface area contributed by atoms with Gasteiger partial charge >= 0.3 is 0 Å². The van der Waals surface area contributed by atoms with E-state index in [4.69, 9.17) is 9.47 Å². The van der Waals surface area contributed by atoms with Gasteiger partial charge in [-0.2, -0.15) is 5.26 Å². The number of carbonyl (C=O) groups excluding carboxylic acids is 2. The van der Waals surface area contributed by atoms with Gasteiger partial charge in [-0.25, -0.2) is 4.90 Å². The molecule has 0 aliphatic carbocycles. The zero-order valence-corrected chi connectivity index (χ0v) is 16.5. The lowest BCUT2D eigenvalue weighted by Gasteiger charge is -2.37. The van der Waals surface area contributed by atoms with Gasteiger partial charge in [0.05, 0.1) is 36.7 Å². The van der Waals surface area contributed by atoms with Gasteiger partial charge in [0.1, 0.15) is 0 Å². The summed E-state index contributed by atoms with van der Waals surface area (Å²) in [6.45, 7) is 1.51. The van der Waals surface area contributed by atoms with E-state index in [2.05, 4.69) is 6.07 Å². The van der Waals surface area contributed by atoms with Crippen molar-refractivity contribution in [3.05, 3.63) is 54.1 Å². The van der Waals surface area contributed by atoms with Crippen LogP contribution in [0.25, 0.3) is 0 Å². The number of benzene rings is 2. The quantitative estimate of drug-likeness (QED) is 0.777. The fourth-order valence-corrected chi connectivity index (χ4v) is 4.82. The summed E-state index contributed by atoms with van der Waals surface area (Å²) in [6.07, 6.45) is 1.53. The smallest absolute Gasteiger partial charge is 0.292 e. The van der Waals surface area contributed by atoms with Crippen LogP contribution < -0.4 is 19.3 Å². The summed E-state index contributed by atoms with van der Waals surface area (Å²) < 4.78 is 10.7. The number of hydrogen-bond donors (Lipinski definition) is 1. The van der Waals surface area contributed by atoms with E-state index in [0.29, 0.717) is 43.1 Å². The fraction of sp³-hybridized carbons (Fsp3) is 0.348. The number of imide groups is 1. The second kappa shape index (κ2) is 7.15. The number of rotatable bonds is 3. The maximum Gasteiger partial charge on any atom is 0.292 e. The highest BCUT2D eigenvalue weighted by atomic mass is 16.7. The van der Waals surface area contributed by atoms with Crippen molar-refractivity contribution in [3.63, 3.8) is 0 Å². The molecule has 30 heavy (non-hydrogen) atoms. The first-order valence-corrected chi connectivity index (χ1v) is 10.2. The van der Waals surface area contributed by atoms with Crippen LogP contribution in [0.4, 0.5) is 5.69 Å². The van der Waals surface area contributed by atoms with Crippen LogP contribution in [0.2, 0.25) is 0 Å². The van der Waals surface area contributed by atoms with Crippen LogP contribution in [0.15, 0.2) is 48.5 Å². The normalized spacial score (nSPS) is 27.9. The van der Waals surface area contributed by atoms with E-state index in [1.54, 1.807) is 18.2 Å². The standard InChI is InChI=1S/C23H21N3O4/c24-14-23(16-4-2-1-3-5-16)8-10-25(11-9-23)18-13-21(27)26(22(18)28)17-6-7-19-20(12-17)30-15-29-19/h1-7,12,18H,8-11,13,15H2/p+1/t18-/m0/s1. The first-order valence-electron chi connectivity index (χ1n) is 10.2. The number of anilines is 1. The molecule has 0 unspecified atom stereocenters. The lowest BCUT2D eigenvalue weighted by molar-refractivity contribution is -0.920. The van der Waals surface area contributed by atoms with Gasteiger partial charge in [-0.1, -0.05) is 30.3 Å². The van der Waals surface area contributed by atoms with E-state index in [0.717, 1.165) is 10.5 Å². The lowest BCUT2D eigenvalue weighted by atomic mass is 9.74. The Morgan fingerprint density at radius 1 is 1.03 bits per heavy atom. The zero-order valence-electron chi connectivity index (χ0n) is 16.5. The summed E-state index contributed by atoms with van der Waals surface area (Å²) >= 11 is 0. The zero-order chi connectivity index (χ0) is 20.7. The minimum absolute atomic E-state index is 0.142. The predicted octanol–water partition coefficient (Wildman–Crippen LogP) is 1.19. The predicted molar refractivity (Wildman–Crippen MR) is 107 cm³/mol. The number of piperidine rings is 1. The number of ether oxygens (including phenoxy) is 2. The van der Waals surface area contributed by atoms with Crippen LogP contribution in [0.1, 0.15) is 24.8 Å². The van der Waals surface area contributed by atoms with Crippen molar-refractivity contribution in [2.45, 2.75) is 30.7 Å². The summed E-state index contributed by atoms with van der Waals surface area (Å²) in [5, 5.41) is 9.90. The number of carbonyl (C=O) groups is 2. The molecule has 152 valence electrons. The van der Waals surface area contributed by atoms with Gasteiger partial charge in [-0.05, 0) is 17.7 Å². The largest absolute Gasteiger partial charge is 0.454 e. The molecule has 3 aliphatic rings. The minimum atomic E-state index is -0.520. The first kappa shape index (κ1) is 18.6. The number of nitrogens with zero attached hydrogens (tertiary/aromatic N) is 2. The fourth-order valence-electron chi connectivity index (χ4n) is 4.82. The van der Waals surface area contributed by atoms with E-state index in [1.165, 1.54) is 4.90 Å². The molecule has 2 amide bonds. The molecule has 3 heterocycles. The van der Waals surface area contributed by atoms with E-state index in [1.807, 2.05) is 30.3 Å². The maximum absolute atomic E-state index is 13.2. The Morgan fingerprint density at radius 2 is 1.77 bits per heavy atom. The maximum atomic E-state index is 13.2. The molecule has 0 radical (unpaired) electrons. The molecule has 0 bridgehead atoms. The van der Waals surface area contributed by atoms with Crippen molar-refractivity contribution >= 4 is 17.5 Å². The van der Waals surface area contributed by atoms with Crippen LogP contribution in [-0.2, 0) is 15.0 Å². The van der Waals surface area contributed by atoms with Crippen molar-refractivity contribution < 1.29 is 24.0 Å².